The summed E-state index contributed by atoms with van der Waals surface area (Å²) in [5.41, 5.74) is 3.95. The van der Waals surface area contributed by atoms with Gasteiger partial charge in [-0.3, -0.25) is 0 Å². The third-order valence-electron chi connectivity index (χ3n) is 2.76. The molecule has 1 aromatic heterocycles. The summed E-state index contributed by atoms with van der Waals surface area (Å²) in [5, 5.41) is 5.45. The summed E-state index contributed by atoms with van der Waals surface area (Å²) in [7, 11) is 0. The molecule has 0 atom stereocenters. The van der Waals surface area contributed by atoms with E-state index in [4.69, 9.17) is 4.74 Å². The highest BCUT2D eigenvalue weighted by Crippen LogP contribution is 2.29. The number of ether oxygens (including phenoxy) is 1. The van der Waals surface area contributed by atoms with Crippen LogP contribution in [0.4, 0.5) is 0 Å². The highest BCUT2D eigenvalue weighted by atomic mass is 79.9. The van der Waals surface area contributed by atoms with Gasteiger partial charge in [-0.1, -0.05) is 26.0 Å². The van der Waals surface area contributed by atoms with E-state index in [0.29, 0.717) is 12.5 Å². The SMILES string of the molecule is CC(C)CNCc1cccc(Br)c1OCc1cscn1. The first-order valence-electron chi connectivity index (χ1n) is 6.64. The van der Waals surface area contributed by atoms with Crippen molar-refractivity contribution in [2.45, 2.75) is 27.0 Å². The smallest absolute Gasteiger partial charge is 0.138 e. The van der Waals surface area contributed by atoms with Crippen molar-refractivity contribution in [1.29, 1.82) is 0 Å². The standard InChI is InChI=1S/C15H19BrN2OS/c1-11(2)6-17-7-12-4-3-5-14(16)15(12)19-8-13-9-20-10-18-13/h3-5,9-11,17H,6-8H2,1-2H3. The van der Waals surface area contributed by atoms with E-state index in [1.807, 2.05) is 23.0 Å². The largest absolute Gasteiger partial charge is 0.486 e. The molecule has 20 heavy (non-hydrogen) atoms. The third kappa shape index (κ3) is 4.58. The Morgan fingerprint density at radius 3 is 2.95 bits per heavy atom. The van der Waals surface area contributed by atoms with Crippen LogP contribution in [0.2, 0.25) is 0 Å². The van der Waals surface area contributed by atoms with E-state index in [9.17, 15) is 0 Å². The Hall–Kier alpha value is -0.910. The Labute approximate surface area is 132 Å². The van der Waals surface area contributed by atoms with Crippen molar-refractivity contribution < 1.29 is 4.74 Å². The maximum atomic E-state index is 5.93. The molecule has 0 saturated heterocycles. The van der Waals surface area contributed by atoms with Crippen molar-refractivity contribution in [3.05, 3.63) is 44.8 Å². The number of rotatable bonds is 7. The zero-order chi connectivity index (χ0) is 14.4. The zero-order valence-corrected chi connectivity index (χ0v) is 14.1. The van der Waals surface area contributed by atoms with E-state index in [0.717, 1.165) is 34.6 Å². The number of hydrogen-bond donors (Lipinski definition) is 1. The fourth-order valence-electron chi connectivity index (χ4n) is 1.80. The molecule has 0 fully saturated rings. The van der Waals surface area contributed by atoms with Crippen LogP contribution < -0.4 is 10.1 Å². The fourth-order valence-corrected chi connectivity index (χ4v) is 2.87. The molecule has 0 aliphatic heterocycles. The number of thiazole rings is 1. The van der Waals surface area contributed by atoms with E-state index in [1.165, 1.54) is 0 Å². The minimum Gasteiger partial charge on any atom is -0.486 e. The molecule has 0 radical (unpaired) electrons. The monoisotopic (exact) mass is 354 g/mol. The predicted octanol–water partition coefficient (Wildman–Crippen LogP) is 4.23. The van der Waals surface area contributed by atoms with E-state index in [2.05, 4.69) is 46.1 Å². The highest BCUT2D eigenvalue weighted by molar-refractivity contribution is 9.10. The second kappa shape index (κ2) is 7.76. The summed E-state index contributed by atoms with van der Waals surface area (Å²) in [6.07, 6.45) is 0. The van der Waals surface area contributed by atoms with Crippen molar-refractivity contribution in [2.24, 2.45) is 5.92 Å². The average molecular weight is 355 g/mol. The topological polar surface area (TPSA) is 34.1 Å². The maximum absolute atomic E-state index is 5.93. The summed E-state index contributed by atoms with van der Waals surface area (Å²) in [4.78, 5) is 4.24. The van der Waals surface area contributed by atoms with Crippen molar-refractivity contribution >= 4 is 27.3 Å². The number of nitrogens with one attached hydrogen (secondary N) is 1. The normalized spacial score (nSPS) is 11.0. The lowest BCUT2D eigenvalue weighted by Crippen LogP contribution is -2.19. The highest BCUT2D eigenvalue weighted by Gasteiger charge is 2.09. The summed E-state index contributed by atoms with van der Waals surface area (Å²) in [5.74, 6) is 1.54. The molecular formula is C15H19BrN2OS. The number of hydrogen-bond acceptors (Lipinski definition) is 4. The van der Waals surface area contributed by atoms with E-state index < -0.39 is 0 Å². The summed E-state index contributed by atoms with van der Waals surface area (Å²) >= 11 is 5.15. The Balaban J connectivity index is 2.01. The fraction of sp³-hybridized carbons (Fsp3) is 0.400. The van der Waals surface area contributed by atoms with Crippen LogP contribution in [-0.2, 0) is 13.2 Å². The van der Waals surface area contributed by atoms with Gasteiger partial charge in [0.1, 0.15) is 12.4 Å². The average Bonchev–Trinajstić information content (AvgIpc) is 2.90. The van der Waals surface area contributed by atoms with Gasteiger partial charge in [0.25, 0.3) is 0 Å². The molecule has 1 heterocycles. The molecule has 3 nitrogen and oxygen atoms in total. The van der Waals surface area contributed by atoms with Crippen molar-refractivity contribution in [1.82, 2.24) is 10.3 Å². The molecule has 0 saturated carbocycles. The van der Waals surface area contributed by atoms with E-state index in [-0.39, 0.29) is 0 Å². The molecule has 0 amide bonds. The maximum Gasteiger partial charge on any atom is 0.138 e. The molecule has 5 heteroatoms. The summed E-state index contributed by atoms with van der Waals surface area (Å²) in [6.45, 7) is 6.71. The minimum absolute atomic E-state index is 0.503. The van der Waals surface area contributed by atoms with Crippen molar-refractivity contribution in [2.75, 3.05) is 6.54 Å². The van der Waals surface area contributed by atoms with E-state index in [1.54, 1.807) is 11.3 Å². The molecule has 1 aromatic carbocycles. The lowest BCUT2D eigenvalue weighted by molar-refractivity contribution is 0.296. The molecule has 0 aliphatic rings. The Morgan fingerprint density at radius 1 is 1.40 bits per heavy atom. The van der Waals surface area contributed by atoms with Crippen LogP contribution in [0.25, 0.3) is 0 Å². The van der Waals surface area contributed by atoms with Crippen LogP contribution in [0, 0.1) is 5.92 Å². The van der Waals surface area contributed by atoms with Crippen LogP contribution >= 0.6 is 27.3 Å². The lowest BCUT2D eigenvalue weighted by atomic mass is 10.2. The summed E-state index contributed by atoms with van der Waals surface area (Å²) < 4.78 is 6.91. The second-order valence-electron chi connectivity index (χ2n) is 5.02. The van der Waals surface area contributed by atoms with Crippen LogP contribution in [0.5, 0.6) is 5.75 Å². The van der Waals surface area contributed by atoms with Gasteiger partial charge >= 0.3 is 0 Å². The molecule has 2 rings (SSSR count). The first kappa shape index (κ1) is 15.5. The van der Waals surface area contributed by atoms with Crippen LogP contribution in [0.3, 0.4) is 0 Å². The Bertz CT molecular complexity index is 529. The van der Waals surface area contributed by atoms with Gasteiger partial charge in [-0.25, -0.2) is 4.98 Å². The van der Waals surface area contributed by atoms with Gasteiger partial charge in [0.2, 0.25) is 0 Å². The molecular weight excluding hydrogens is 336 g/mol. The number of para-hydroxylation sites is 1. The van der Waals surface area contributed by atoms with Gasteiger partial charge in [-0.05, 0) is 34.5 Å². The zero-order valence-electron chi connectivity index (χ0n) is 11.7. The van der Waals surface area contributed by atoms with Crippen LogP contribution in [0.1, 0.15) is 25.1 Å². The predicted molar refractivity (Wildman–Crippen MR) is 87.1 cm³/mol. The molecule has 0 bridgehead atoms. The van der Waals surface area contributed by atoms with Gasteiger partial charge in [-0.15, -0.1) is 11.3 Å². The summed E-state index contributed by atoms with van der Waals surface area (Å²) in [6, 6.07) is 6.13. The number of aromatic nitrogens is 1. The molecule has 2 aromatic rings. The number of nitrogens with zero attached hydrogens (tertiary/aromatic N) is 1. The van der Waals surface area contributed by atoms with Crippen molar-refractivity contribution in [3.63, 3.8) is 0 Å². The van der Waals surface area contributed by atoms with Crippen LogP contribution in [0.15, 0.2) is 33.6 Å². The molecule has 0 spiro atoms. The minimum atomic E-state index is 0.503. The quantitative estimate of drug-likeness (QED) is 0.807. The third-order valence-corrected chi connectivity index (χ3v) is 4.02. The van der Waals surface area contributed by atoms with E-state index >= 15 is 0 Å². The lowest BCUT2D eigenvalue weighted by Gasteiger charge is -2.14. The van der Waals surface area contributed by atoms with Gasteiger partial charge in [0.15, 0.2) is 0 Å². The van der Waals surface area contributed by atoms with Gasteiger partial charge < -0.3 is 10.1 Å². The first-order chi connectivity index (χ1) is 9.66. The van der Waals surface area contributed by atoms with Crippen molar-refractivity contribution in [3.8, 4) is 5.75 Å². The van der Waals surface area contributed by atoms with Gasteiger partial charge in [0, 0.05) is 17.5 Å². The Kier molecular flexibility index (Phi) is 6.01. The molecule has 108 valence electrons. The van der Waals surface area contributed by atoms with Gasteiger partial charge in [-0.2, -0.15) is 0 Å². The first-order valence-corrected chi connectivity index (χ1v) is 8.38. The second-order valence-corrected chi connectivity index (χ2v) is 6.59. The molecule has 0 unspecified atom stereocenters. The number of benzene rings is 1. The van der Waals surface area contributed by atoms with Gasteiger partial charge in [0.05, 0.1) is 15.7 Å². The van der Waals surface area contributed by atoms with Crippen LogP contribution in [-0.4, -0.2) is 11.5 Å². The Morgan fingerprint density at radius 2 is 2.25 bits per heavy atom. The number of halogens is 1. The molecule has 1 N–H and O–H groups in total. The molecule has 0 aliphatic carbocycles.